The molecule has 1 fully saturated rings. The van der Waals surface area contributed by atoms with Crippen LogP contribution in [-0.4, -0.2) is 46.0 Å². The van der Waals surface area contributed by atoms with Crippen molar-refractivity contribution >= 4 is 17.5 Å². The average Bonchev–Trinajstić information content (AvgIpc) is 2.40. The molecule has 0 amide bonds. The van der Waals surface area contributed by atoms with Crippen LogP contribution in [0.25, 0.3) is 0 Å². The van der Waals surface area contributed by atoms with Crippen LogP contribution in [0.1, 0.15) is 18.5 Å². The number of likely N-dealkylation sites (tertiary alicyclic amines) is 1. The minimum absolute atomic E-state index is 0.0945. The molecule has 9 nitrogen and oxygen atoms in total. The number of aryl methyl sites for hydroxylation is 1. The van der Waals surface area contributed by atoms with Crippen LogP contribution >= 0.6 is 0 Å². The molecule has 1 saturated heterocycles. The van der Waals surface area contributed by atoms with E-state index in [1.807, 2.05) is 0 Å². The Bertz CT molecular complexity index is 500. The second-order valence-electron chi connectivity index (χ2n) is 4.95. The minimum Gasteiger partial charge on any atom is -0.361 e. The first-order chi connectivity index (χ1) is 9.51. The molecular weight excluding hydrogens is 262 g/mol. The highest BCUT2D eigenvalue weighted by Gasteiger charge is 2.25. The van der Waals surface area contributed by atoms with Gasteiger partial charge < -0.3 is 10.2 Å². The molecule has 0 aromatic carbocycles. The lowest BCUT2D eigenvalue weighted by molar-refractivity contribution is -0.385. The van der Waals surface area contributed by atoms with Crippen LogP contribution in [0.15, 0.2) is 0 Å². The van der Waals surface area contributed by atoms with Gasteiger partial charge in [0.1, 0.15) is 5.69 Å². The number of aromatic nitrogens is 2. The number of nitro groups is 1. The summed E-state index contributed by atoms with van der Waals surface area (Å²) < 4.78 is 0. The first-order valence-corrected chi connectivity index (χ1v) is 6.46. The molecule has 20 heavy (non-hydrogen) atoms. The SMILES string of the molecule is Cc1nc(NN)nc(NC2CCN(C)CC2)c1[N+](=O)[O-]. The number of hydrazine groups is 1. The van der Waals surface area contributed by atoms with E-state index >= 15 is 0 Å². The molecule has 110 valence electrons. The van der Waals surface area contributed by atoms with E-state index < -0.39 is 4.92 Å². The summed E-state index contributed by atoms with van der Waals surface area (Å²) in [5, 5.41) is 14.3. The highest BCUT2D eigenvalue weighted by Crippen LogP contribution is 2.28. The third-order valence-electron chi connectivity index (χ3n) is 3.43. The average molecular weight is 281 g/mol. The lowest BCUT2D eigenvalue weighted by atomic mass is 10.1. The number of rotatable bonds is 4. The Morgan fingerprint density at radius 1 is 1.40 bits per heavy atom. The number of nitrogens with two attached hydrogens (primary N) is 1. The molecule has 0 atom stereocenters. The first-order valence-electron chi connectivity index (χ1n) is 6.46. The zero-order valence-corrected chi connectivity index (χ0v) is 11.6. The molecule has 9 heteroatoms. The van der Waals surface area contributed by atoms with Gasteiger partial charge in [0.2, 0.25) is 11.8 Å². The number of nitrogens with zero attached hydrogens (tertiary/aromatic N) is 4. The Kier molecular flexibility index (Phi) is 4.30. The smallest absolute Gasteiger partial charge is 0.332 e. The zero-order chi connectivity index (χ0) is 14.7. The second kappa shape index (κ2) is 5.97. The van der Waals surface area contributed by atoms with Crippen molar-refractivity contribution in [3.05, 3.63) is 15.8 Å². The summed E-state index contributed by atoms with van der Waals surface area (Å²) in [5.41, 5.74) is 2.52. The van der Waals surface area contributed by atoms with Gasteiger partial charge >= 0.3 is 5.69 Å². The topological polar surface area (TPSA) is 122 Å². The maximum absolute atomic E-state index is 11.2. The monoisotopic (exact) mass is 281 g/mol. The van der Waals surface area contributed by atoms with Crippen LogP contribution in [0.5, 0.6) is 0 Å². The minimum atomic E-state index is -0.465. The molecule has 2 rings (SSSR count). The van der Waals surface area contributed by atoms with Crippen molar-refractivity contribution in [2.45, 2.75) is 25.8 Å². The Morgan fingerprint density at radius 3 is 2.60 bits per heavy atom. The molecule has 1 aromatic heterocycles. The van der Waals surface area contributed by atoms with Gasteiger partial charge in [0.15, 0.2) is 0 Å². The van der Waals surface area contributed by atoms with E-state index in [-0.39, 0.29) is 29.2 Å². The molecule has 0 bridgehead atoms. The number of hydrogen-bond acceptors (Lipinski definition) is 8. The van der Waals surface area contributed by atoms with Crippen molar-refractivity contribution < 1.29 is 4.92 Å². The summed E-state index contributed by atoms with van der Waals surface area (Å²) in [6.07, 6.45) is 1.84. The normalized spacial score (nSPS) is 16.9. The van der Waals surface area contributed by atoms with Gasteiger partial charge in [-0.25, -0.2) is 10.8 Å². The van der Waals surface area contributed by atoms with Gasteiger partial charge in [-0.3, -0.25) is 15.5 Å². The van der Waals surface area contributed by atoms with E-state index in [1.54, 1.807) is 6.92 Å². The lowest BCUT2D eigenvalue weighted by Gasteiger charge is -2.29. The number of anilines is 2. The van der Waals surface area contributed by atoms with E-state index in [9.17, 15) is 10.1 Å². The van der Waals surface area contributed by atoms with E-state index in [0.717, 1.165) is 25.9 Å². The van der Waals surface area contributed by atoms with Gasteiger partial charge in [-0.1, -0.05) is 0 Å². The highest BCUT2D eigenvalue weighted by molar-refractivity contribution is 5.61. The van der Waals surface area contributed by atoms with Crippen LogP contribution in [0, 0.1) is 17.0 Å². The van der Waals surface area contributed by atoms with E-state index in [1.165, 1.54) is 0 Å². The summed E-state index contributed by atoms with van der Waals surface area (Å²) in [5.74, 6) is 5.68. The molecule has 4 N–H and O–H groups in total. The largest absolute Gasteiger partial charge is 0.361 e. The van der Waals surface area contributed by atoms with Crippen molar-refractivity contribution in [2.24, 2.45) is 5.84 Å². The van der Waals surface area contributed by atoms with E-state index in [4.69, 9.17) is 5.84 Å². The van der Waals surface area contributed by atoms with Crippen LogP contribution in [0.4, 0.5) is 17.5 Å². The maximum Gasteiger partial charge on any atom is 0.332 e. The van der Waals surface area contributed by atoms with Crippen molar-refractivity contribution in [1.82, 2.24) is 14.9 Å². The van der Waals surface area contributed by atoms with Crippen LogP contribution < -0.4 is 16.6 Å². The highest BCUT2D eigenvalue weighted by atomic mass is 16.6. The molecule has 0 aliphatic carbocycles. The molecule has 1 aliphatic heterocycles. The molecular formula is C11H19N7O2. The van der Waals surface area contributed by atoms with Crippen LogP contribution in [0.2, 0.25) is 0 Å². The van der Waals surface area contributed by atoms with Crippen molar-refractivity contribution in [3.63, 3.8) is 0 Å². The van der Waals surface area contributed by atoms with Crippen molar-refractivity contribution in [2.75, 3.05) is 30.9 Å². The predicted octanol–water partition coefficient (Wildman–Crippen LogP) is 0.485. The summed E-state index contributed by atoms with van der Waals surface area (Å²) >= 11 is 0. The fourth-order valence-electron chi connectivity index (χ4n) is 2.30. The zero-order valence-electron chi connectivity index (χ0n) is 11.6. The predicted molar refractivity (Wildman–Crippen MR) is 75.4 cm³/mol. The van der Waals surface area contributed by atoms with E-state index in [2.05, 4.69) is 32.7 Å². The fraction of sp³-hybridized carbons (Fsp3) is 0.636. The maximum atomic E-state index is 11.2. The lowest BCUT2D eigenvalue weighted by Crippen LogP contribution is -2.37. The molecule has 0 saturated carbocycles. The molecule has 1 aromatic rings. The Balaban J connectivity index is 2.24. The van der Waals surface area contributed by atoms with Crippen molar-refractivity contribution in [1.29, 1.82) is 0 Å². The van der Waals surface area contributed by atoms with Gasteiger partial charge in [-0.05, 0) is 39.9 Å². The molecule has 1 aliphatic rings. The molecule has 0 spiro atoms. The van der Waals surface area contributed by atoms with Gasteiger partial charge in [0, 0.05) is 6.04 Å². The third-order valence-corrected chi connectivity index (χ3v) is 3.43. The summed E-state index contributed by atoms with van der Waals surface area (Å²) in [6.45, 7) is 3.48. The number of piperidine rings is 1. The first kappa shape index (κ1) is 14.4. The molecule has 0 radical (unpaired) electrons. The quantitative estimate of drug-likeness (QED) is 0.414. The van der Waals surface area contributed by atoms with E-state index in [0.29, 0.717) is 0 Å². The number of nitrogen functional groups attached to an aromatic ring is 1. The third kappa shape index (κ3) is 3.11. The van der Waals surface area contributed by atoms with Crippen molar-refractivity contribution in [3.8, 4) is 0 Å². The van der Waals surface area contributed by atoms with Crippen LogP contribution in [0.3, 0.4) is 0 Å². The summed E-state index contributed by atoms with van der Waals surface area (Å²) in [7, 11) is 2.06. The fourth-order valence-corrected chi connectivity index (χ4v) is 2.30. The Labute approximate surface area is 116 Å². The summed E-state index contributed by atoms with van der Waals surface area (Å²) in [6, 6.07) is 0.171. The van der Waals surface area contributed by atoms with Gasteiger partial charge in [0.25, 0.3) is 0 Å². The second-order valence-corrected chi connectivity index (χ2v) is 4.95. The van der Waals surface area contributed by atoms with Crippen LogP contribution in [-0.2, 0) is 0 Å². The molecule has 0 unspecified atom stereocenters. The standard InChI is InChI=1S/C11H19N7O2/c1-7-9(18(19)20)10(15-11(13-7)16-12)14-8-3-5-17(2)6-4-8/h8H,3-6,12H2,1-2H3,(H2,13,14,15,16). The number of hydrogen-bond donors (Lipinski definition) is 3. The summed E-state index contributed by atoms with van der Waals surface area (Å²) in [4.78, 5) is 20.9. The Hall–Kier alpha value is -2.00. The number of nitrogens with one attached hydrogen (secondary N) is 2. The Morgan fingerprint density at radius 2 is 2.05 bits per heavy atom. The van der Waals surface area contributed by atoms with Gasteiger partial charge in [-0.15, -0.1) is 0 Å². The van der Waals surface area contributed by atoms with Gasteiger partial charge in [0.05, 0.1) is 4.92 Å². The van der Waals surface area contributed by atoms with Gasteiger partial charge in [-0.2, -0.15) is 4.98 Å². The molecule has 2 heterocycles.